The lowest BCUT2D eigenvalue weighted by atomic mass is 10.3. The third-order valence-electron chi connectivity index (χ3n) is 2.22. The zero-order valence-corrected chi connectivity index (χ0v) is 10.9. The van der Waals surface area contributed by atoms with Gasteiger partial charge in [0, 0.05) is 25.4 Å². The first-order valence-electron chi connectivity index (χ1n) is 5.98. The fourth-order valence-electron chi connectivity index (χ4n) is 1.38. The molecule has 0 saturated heterocycles. The number of carbonyl (C=O) groups is 1. The van der Waals surface area contributed by atoms with Crippen molar-refractivity contribution in [3.05, 3.63) is 24.3 Å². The second-order valence-corrected chi connectivity index (χ2v) is 3.68. The van der Waals surface area contributed by atoms with Gasteiger partial charge in [-0.3, -0.25) is 4.79 Å². The number of nitrogens with one attached hydrogen (secondary N) is 2. The molecule has 1 rings (SSSR count). The van der Waals surface area contributed by atoms with E-state index in [2.05, 4.69) is 10.6 Å². The molecule has 0 unspecified atom stereocenters. The third kappa shape index (κ3) is 5.54. The molecule has 18 heavy (non-hydrogen) atoms. The van der Waals surface area contributed by atoms with Crippen LogP contribution in [0, 0.1) is 0 Å². The SMILES string of the molecule is CCNC(=O)CNc1cccc(OCCOC)c1. The van der Waals surface area contributed by atoms with E-state index in [4.69, 9.17) is 9.47 Å². The summed E-state index contributed by atoms with van der Waals surface area (Å²) in [5.74, 6) is 0.733. The van der Waals surface area contributed by atoms with Crippen molar-refractivity contribution in [1.29, 1.82) is 0 Å². The van der Waals surface area contributed by atoms with E-state index in [-0.39, 0.29) is 12.5 Å². The number of likely N-dealkylation sites (N-methyl/N-ethyl adjacent to an activating group) is 1. The van der Waals surface area contributed by atoms with Gasteiger partial charge in [0.25, 0.3) is 0 Å². The molecule has 5 heteroatoms. The van der Waals surface area contributed by atoms with Gasteiger partial charge in [0.15, 0.2) is 0 Å². The topological polar surface area (TPSA) is 59.6 Å². The smallest absolute Gasteiger partial charge is 0.239 e. The number of benzene rings is 1. The highest BCUT2D eigenvalue weighted by atomic mass is 16.5. The average Bonchev–Trinajstić information content (AvgIpc) is 2.38. The van der Waals surface area contributed by atoms with Crippen LogP contribution in [0.2, 0.25) is 0 Å². The summed E-state index contributed by atoms with van der Waals surface area (Å²) in [5, 5.41) is 5.76. The van der Waals surface area contributed by atoms with Gasteiger partial charge in [-0.05, 0) is 19.1 Å². The maximum atomic E-state index is 11.3. The Kier molecular flexibility index (Phi) is 6.64. The van der Waals surface area contributed by atoms with Gasteiger partial charge in [0.05, 0.1) is 13.2 Å². The van der Waals surface area contributed by atoms with Crippen LogP contribution in [0.5, 0.6) is 5.75 Å². The summed E-state index contributed by atoms with van der Waals surface area (Å²) in [6, 6.07) is 7.49. The minimum Gasteiger partial charge on any atom is -0.491 e. The number of carbonyl (C=O) groups excluding carboxylic acids is 1. The highest BCUT2D eigenvalue weighted by Gasteiger charge is 2.00. The second kappa shape index (κ2) is 8.36. The lowest BCUT2D eigenvalue weighted by Crippen LogP contribution is -2.29. The molecule has 1 amide bonds. The van der Waals surface area contributed by atoms with Gasteiger partial charge in [0.1, 0.15) is 12.4 Å². The van der Waals surface area contributed by atoms with Crippen molar-refractivity contribution < 1.29 is 14.3 Å². The minimum absolute atomic E-state index is 0.0248. The number of amides is 1. The third-order valence-corrected chi connectivity index (χ3v) is 2.22. The number of rotatable bonds is 8. The van der Waals surface area contributed by atoms with Crippen molar-refractivity contribution >= 4 is 11.6 Å². The predicted molar refractivity (Wildman–Crippen MR) is 71.0 cm³/mol. The van der Waals surface area contributed by atoms with Crippen LogP contribution in [-0.2, 0) is 9.53 Å². The van der Waals surface area contributed by atoms with Gasteiger partial charge in [0.2, 0.25) is 5.91 Å². The first kappa shape index (κ1) is 14.3. The fourth-order valence-corrected chi connectivity index (χ4v) is 1.38. The molecule has 0 atom stereocenters. The van der Waals surface area contributed by atoms with Crippen molar-refractivity contribution in [2.45, 2.75) is 6.92 Å². The molecule has 0 heterocycles. The maximum Gasteiger partial charge on any atom is 0.239 e. The number of methoxy groups -OCH3 is 1. The Bertz CT molecular complexity index is 369. The van der Waals surface area contributed by atoms with Gasteiger partial charge >= 0.3 is 0 Å². The molecule has 1 aromatic carbocycles. The Morgan fingerprint density at radius 2 is 2.17 bits per heavy atom. The summed E-state index contributed by atoms with van der Waals surface area (Å²) in [6.45, 7) is 3.85. The Labute approximate surface area is 107 Å². The van der Waals surface area contributed by atoms with Gasteiger partial charge in [-0.2, -0.15) is 0 Å². The van der Waals surface area contributed by atoms with Crippen molar-refractivity contribution in [2.24, 2.45) is 0 Å². The Hall–Kier alpha value is -1.75. The zero-order chi connectivity index (χ0) is 13.2. The largest absolute Gasteiger partial charge is 0.491 e. The van der Waals surface area contributed by atoms with Crippen LogP contribution < -0.4 is 15.4 Å². The van der Waals surface area contributed by atoms with E-state index in [0.717, 1.165) is 11.4 Å². The zero-order valence-electron chi connectivity index (χ0n) is 10.9. The number of anilines is 1. The summed E-state index contributed by atoms with van der Waals surface area (Å²) >= 11 is 0. The minimum atomic E-state index is -0.0248. The molecule has 0 radical (unpaired) electrons. The fraction of sp³-hybridized carbons (Fsp3) is 0.462. The summed E-state index contributed by atoms with van der Waals surface area (Å²) in [7, 11) is 1.63. The average molecular weight is 252 g/mol. The summed E-state index contributed by atoms with van der Waals surface area (Å²) in [6.07, 6.45) is 0. The lowest BCUT2D eigenvalue weighted by molar-refractivity contribution is -0.119. The van der Waals surface area contributed by atoms with E-state index in [0.29, 0.717) is 19.8 Å². The van der Waals surface area contributed by atoms with Crippen molar-refractivity contribution in [3.63, 3.8) is 0 Å². The van der Waals surface area contributed by atoms with Crippen LogP contribution in [0.15, 0.2) is 24.3 Å². The second-order valence-electron chi connectivity index (χ2n) is 3.68. The van der Waals surface area contributed by atoms with E-state index >= 15 is 0 Å². The van der Waals surface area contributed by atoms with Gasteiger partial charge in [-0.1, -0.05) is 6.07 Å². The highest BCUT2D eigenvalue weighted by molar-refractivity contribution is 5.80. The molecule has 0 aliphatic carbocycles. The van der Waals surface area contributed by atoms with Crippen molar-refractivity contribution in [1.82, 2.24) is 5.32 Å². The molecule has 5 nitrogen and oxygen atoms in total. The molecular formula is C13H20N2O3. The maximum absolute atomic E-state index is 11.3. The standard InChI is InChI=1S/C13H20N2O3/c1-3-14-13(16)10-15-11-5-4-6-12(9-11)18-8-7-17-2/h4-6,9,15H,3,7-8,10H2,1-2H3,(H,14,16). The Balaban J connectivity index is 2.41. The summed E-state index contributed by atoms with van der Waals surface area (Å²) < 4.78 is 10.4. The molecule has 0 fully saturated rings. The molecule has 0 saturated carbocycles. The first-order valence-corrected chi connectivity index (χ1v) is 5.98. The molecule has 0 aromatic heterocycles. The van der Waals surface area contributed by atoms with Crippen molar-refractivity contribution in [3.8, 4) is 5.75 Å². The van der Waals surface area contributed by atoms with Gasteiger partial charge < -0.3 is 20.1 Å². The molecule has 2 N–H and O–H groups in total. The molecule has 0 aliphatic heterocycles. The molecule has 0 aliphatic rings. The normalized spacial score (nSPS) is 9.89. The van der Waals surface area contributed by atoms with Crippen LogP contribution in [0.3, 0.4) is 0 Å². The Morgan fingerprint density at radius 1 is 1.33 bits per heavy atom. The van der Waals surface area contributed by atoms with Crippen molar-refractivity contribution in [2.75, 3.05) is 38.7 Å². The van der Waals surface area contributed by atoms with Gasteiger partial charge in [-0.15, -0.1) is 0 Å². The van der Waals surface area contributed by atoms with E-state index < -0.39 is 0 Å². The lowest BCUT2D eigenvalue weighted by Gasteiger charge is -2.09. The predicted octanol–water partition coefficient (Wildman–Crippen LogP) is 1.26. The summed E-state index contributed by atoms with van der Waals surface area (Å²) in [5.41, 5.74) is 0.858. The van der Waals surface area contributed by atoms with Crippen LogP contribution >= 0.6 is 0 Å². The van der Waals surface area contributed by atoms with Gasteiger partial charge in [-0.25, -0.2) is 0 Å². The summed E-state index contributed by atoms with van der Waals surface area (Å²) in [4.78, 5) is 11.3. The van der Waals surface area contributed by atoms with Crippen LogP contribution in [0.4, 0.5) is 5.69 Å². The molecule has 1 aromatic rings. The van der Waals surface area contributed by atoms with E-state index in [1.54, 1.807) is 7.11 Å². The molecule has 0 spiro atoms. The van der Waals surface area contributed by atoms with Crippen LogP contribution in [0.1, 0.15) is 6.92 Å². The molecule has 0 bridgehead atoms. The highest BCUT2D eigenvalue weighted by Crippen LogP contribution is 2.16. The monoisotopic (exact) mass is 252 g/mol. The Morgan fingerprint density at radius 3 is 2.89 bits per heavy atom. The van der Waals surface area contributed by atoms with E-state index in [9.17, 15) is 4.79 Å². The number of ether oxygens (including phenoxy) is 2. The quantitative estimate of drug-likeness (QED) is 0.684. The van der Waals surface area contributed by atoms with Crippen LogP contribution in [-0.4, -0.2) is 39.3 Å². The number of hydrogen-bond donors (Lipinski definition) is 2. The van der Waals surface area contributed by atoms with E-state index in [1.165, 1.54) is 0 Å². The number of hydrogen-bond acceptors (Lipinski definition) is 4. The first-order chi connectivity index (χ1) is 8.76. The molecule has 100 valence electrons. The van der Waals surface area contributed by atoms with E-state index in [1.807, 2.05) is 31.2 Å². The molecular weight excluding hydrogens is 232 g/mol. The van der Waals surface area contributed by atoms with Crippen LogP contribution in [0.25, 0.3) is 0 Å².